The van der Waals surface area contributed by atoms with E-state index in [1.807, 2.05) is 47.0 Å². The Bertz CT molecular complexity index is 1010. The van der Waals surface area contributed by atoms with Crippen LogP contribution in [0, 0.1) is 13.8 Å². The maximum absolute atomic E-state index is 13.4. The van der Waals surface area contributed by atoms with Gasteiger partial charge in [0.05, 0.1) is 5.69 Å². The molecule has 4 rings (SSSR count). The first kappa shape index (κ1) is 19.3. The van der Waals surface area contributed by atoms with E-state index in [1.54, 1.807) is 0 Å². The molecule has 1 fully saturated rings. The van der Waals surface area contributed by atoms with Gasteiger partial charge in [-0.3, -0.25) is 4.79 Å². The number of benzene rings is 2. The summed E-state index contributed by atoms with van der Waals surface area (Å²) in [5, 5.41) is 12.8. The average molecular weight is 390 g/mol. The normalized spacial score (nSPS) is 15.8. The third-order valence-electron chi connectivity index (χ3n) is 6.11. The zero-order valence-electron chi connectivity index (χ0n) is 17.3. The molecule has 1 heterocycles. The molecule has 0 atom stereocenters. The smallest absolute Gasteiger partial charge is 0.254 e. The molecule has 0 saturated heterocycles. The van der Waals surface area contributed by atoms with E-state index in [0.29, 0.717) is 5.56 Å². The maximum atomic E-state index is 13.4. The molecule has 1 aromatic heterocycles. The lowest BCUT2D eigenvalue weighted by Crippen LogP contribution is -2.50. The average Bonchev–Trinajstić information content (AvgIpc) is 3.24. The molecule has 0 spiro atoms. The summed E-state index contributed by atoms with van der Waals surface area (Å²) in [4.78, 5) is 15.2. The van der Waals surface area contributed by atoms with Crippen LogP contribution in [0.3, 0.4) is 0 Å². The van der Waals surface area contributed by atoms with Gasteiger partial charge < -0.3 is 4.90 Å². The highest BCUT2D eigenvalue weighted by Crippen LogP contribution is 2.42. The molecule has 1 saturated carbocycles. The van der Waals surface area contributed by atoms with E-state index >= 15 is 0 Å². The summed E-state index contributed by atoms with van der Waals surface area (Å²) in [6.07, 6.45) is 4.97. The Morgan fingerprint density at radius 3 is 2.45 bits per heavy atom. The van der Waals surface area contributed by atoms with E-state index in [4.69, 9.17) is 0 Å². The van der Waals surface area contributed by atoms with Crippen molar-refractivity contribution in [2.45, 2.75) is 51.5 Å². The number of carbonyl (C=O) groups is 1. The van der Waals surface area contributed by atoms with Gasteiger partial charge in [0.2, 0.25) is 0 Å². The van der Waals surface area contributed by atoms with Gasteiger partial charge in [-0.25, -0.2) is 0 Å². The Hall–Kier alpha value is -3.02. The summed E-state index contributed by atoms with van der Waals surface area (Å²) < 4.78 is 1.83. The van der Waals surface area contributed by atoms with Crippen LogP contribution in [0.15, 0.2) is 48.5 Å². The quantitative estimate of drug-likeness (QED) is 0.670. The molecular weight excluding hydrogens is 362 g/mol. The van der Waals surface area contributed by atoms with Crippen LogP contribution in [-0.2, 0) is 5.54 Å². The number of tetrazole rings is 1. The molecule has 0 unspecified atom stereocenters. The Morgan fingerprint density at radius 1 is 1.03 bits per heavy atom. The van der Waals surface area contributed by atoms with Crippen LogP contribution in [0.5, 0.6) is 0 Å². The Labute approximate surface area is 171 Å². The zero-order valence-corrected chi connectivity index (χ0v) is 17.3. The van der Waals surface area contributed by atoms with Gasteiger partial charge in [0, 0.05) is 12.6 Å². The highest BCUT2D eigenvalue weighted by atomic mass is 16.2. The fourth-order valence-electron chi connectivity index (χ4n) is 4.50. The number of carbonyl (C=O) groups excluding carboxylic acids is 1. The Kier molecular flexibility index (Phi) is 5.18. The number of hydrogen-bond acceptors (Lipinski definition) is 4. The van der Waals surface area contributed by atoms with Crippen molar-refractivity contribution in [1.82, 2.24) is 25.1 Å². The van der Waals surface area contributed by atoms with Gasteiger partial charge in [-0.15, -0.1) is 5.10 Å². The number of nitrogens with zero attached hydrogens (tertiary/aromatic N) is 5. The van der Waals surface area contributed by atoms with Gasteiger partial charge in [-0.05, 0) is 60.9 Å². The number of aryl methyl sites for hydroxylation is 2. The van der Waals surface area contributed by atoms with Crippen molar-refractivity contribution in [3.05, 3.63) is 71.0 Å². The van der Waals surface area contributed by atoms with Crippen LogP contribution in [0.4, 0.5) is 0 Å². The predicted octanol–water partition coefficient (Wildman–Crippen LogP) is 4.21. The lowest BCUT2D eigenvalue weighted by Gasteiger charge is -2.43. The van der Waals surface area contributed by atoms with Crippen LogP contribution in [0.2, 0.25) is 0 Å². The van der Waals surface area contributed by atoms with E-state index in [2.05, 4.69) is 47.6 Å². The number of hydrogen-bond donors (Lipinski definition) is 0. The summed E-state index contributed by atoms with van der Waals surface area (Å²) >= 11 is 0. The van der Waals surface area contributed by atoms with Gasteiger partial charge in [0.15, 0.2) is 5.82 Å². The van der Waals surface area contributed by atoms with Crippen LogP contribution >= 0.6 is 0 Å². The van der Waals surface area contributed by atoms with Crippen molar-refractivity contribution >= 4 is 5.91 Å². The Morgan fingerprint density at radius 2 is 1.76 bits per heavy atom. The molecule has 6 nitrogen and oxygen atoms in total. The molecule has 0 N–H and O–H groups in total. The molecule has 0 radical (unpaired) electrons. The summed E-state index contributed by atoms with van der Waals surface area (Å²) in [5.41, 5.74) is 3.43. The molecule has 1 amide bonds. The molecular formula is C23H27N5O. The number of amides is 1. The minimum absolute atomic E-state index is 0.00248. The topological polar surface area (TPSA) is 63.9 Å². The Balaban J connectivity index is 1.81. The van der Waals surface area contributed by atoms with Crippen molar-refractivity contribution in [2.75, 3.05) is 7.05 Å². The molecule has 1 aliphatic rings. The van der Waals surface area contributed by atoms with Gasteiger partial charge in [-0.2, -0.15) is 4.68 Å². The van der Waals surface area contributed by atoms with E-state index in [9.17, 15) is 4.79 Å². The van der Waals surface area contributed by atoms with Crippen molar-refractivity contribution in [2.24, 2.45) is 0 Å². The highest BCUT2D eigenvalue weighted by Gasteiger charge is 2.45. The lowest BCUT2D eigenvalue weighted by molar-refractivity contribution is 0.0386. The highest BCUT2D eigenvalue weighted by molar-refractivity contribution is 5.94. The fraction of sp³-hybridized carbons (Fsp3) is 0.391. The second kappa shape index (κ2) is 7.78. The van der Waals surface area contributed by atoms with Gasteiger partial charge in [-0.1, -0.05) is 55.2 Å². The summed E-state index contributed by atoms with van der Waals surface area (Å²) in [6.45, 7) is 4.15. The largest absolute Gasteiger partial charge is 0.329 e. The van der Waals surface area contributed by atoms with Gasteiger partial charge in [0.1, 0.15) is 5.54 Å². The van der Waals surface area contributed by atoms with E-state index in [1.165, 1.54) is 12.0 Å². The molecule has 0 aliphatic heterocycles. The van der Waals surface area contributed by atoms with E-state index in [-0.39, 0.29) is 5.91 Å². The van der Waals surface area contributed by atoms with Crippen molar-refractivity contribution in [3.8, 4) is 5.69 Å². The first-order valence-corrected chi connectivity index (χ1v) is 10.2. The summed E-state index contributed by atoms with van der Waals surface area (Å²) in [5.74, 6) is 0.749. The minimum atomic E-state index is -0.522. The summed E-state index contributed by atoms with van der Waals surface area (Å²) in [7, 11) is 1.89. The molecule has 1 aliphatic carbocycles. The van der Waals surface area contributed by atoms with Crippen molar-refractivity contribution in [1.29, 1.82) is 0 Å². The monoisotopic (exact) mass is 389 g/mol. The fourth-order valence-corrected chi connectivity index (χ4v) is 4.50. The predicted molar refractivity (Wildman–Crippen MR) is 112 cm³/mol. The number of rotatable bonds is 4. The lowest BCUT2D eigenvalue weighted by atomic mass is 9.79. The van der Waals surface area contributed by atoms with Crippen LogP contribution in [0.25, 0.3) is 5.69 Å². The molecule has 3 aromatic rings. The first-order valence-electron chi connectivity index (χ1n) is 10.2. The standard InChI is InChI=1S/C23H27N5O/c1-17-12-13-20(18(2)16-17)28-22(24-25-26-28)23(14-8-5-9-15-23)27(3)21(29)19-10-6-4-7-11-19/h4,6-7,10-13,16H,5,8-9,14-15H2,1-3H3. The van der Waals surface area contributed by atoms with E-state index in [0.717, 1.165) is 42.8 Å². The van der Waals surface area contributed by atoms with E-state index < -0.39 is 5.54 Å². The minimum Gasteiger partial charge on any atom is -0.329 e. The molecule has 2 aromatic carbocycles. The van der Waals surface area contributed by atoms with Gasteiger partial charge in [0.25, 0.3) is 5.91 Å². The van der Waals surface area contributed by atoms with Crippen LogP contribution in [0.1, 0.15) is 59.4 Å². The molecule has 150 valence electrons. The van der Waals surface area contributed by atoms with Gasteiger partial charge >= 0.3 is 0 Å². The van der Waals surface area contributed by atoms with Crippen molar-refractivity contribution < 1.29 is 4.79 Å². The maximum Gasteiger partial charge on any atom is 0.254 e. The SMILES string of the molecule is Cc1ccc(-n2nnnc2C2(N(C)C(=O)c3ccccc3)CCCCC2)c(C)c1. The first-order chi connectivity index (χ1) is 14.0. The number of aromatic nitrogens is 4. The third kappa shape index (κ3) is 3.43. The molecule has 29 heavy (non-hydrogen) atoms. The summed E-state index contributed by atoms with van der Waals surface area (Å²) in [6, 6.07) is 15.7. The molecule has 0 bridgehead atoms. The van der Waals surface area contributed by atoms with Crippen molar-refractivity contribution in [3.63, 3.8) is 0 Å². The second-order valence-electron chi connectivity index (χ2n) is 8.03. The van der Waals surface area contributed by atoms with Crippen LogP contribution in [-0.4, -0.2) is 38.1 Å². The molecule has 6 heteroatoms. The zero-order chi connectivity index (χ0) is 20.4. The van der Waals surface area contributed by atoms with Crippen LogP contribution < -0.4 is 0 Å². The third-order valence-corrected chi connectivity index (χ3v) is 6.11. The second-order valence-corrected chi connectivity index (χ2v) is 8.03.